The highest BCUT2D eigenvalue weighted by atomic mass is 35.5. The fourth-order valence-electron chi connectivity index (χ4n) is 1.19. The lowest BCUT2D eigenvalue weighted by molar-refractivity contribution is -0.118. The first-order valence-corrected chi connectivity index (χ1v) is 6.21. The van der Waals surface area contributed by atoms with Crippen molar-refractivity contribution in [2.75, 3.05) is 0 Å². The second-order valence-electron chi connectivity index (χ2n) is 3.26. The maximum atomic E-state index is 11.2. The van der Waals surface area contributed by atoms with Crippen LogP contribution in [-0.4, -0.2) is 16.3 Å². The summed E-state index contributed by atoms with van der Waals surface area (Å²) >= 11 is 13.1. The van der Waals surface area contributed by atoms with Gasteiger partial charge in [0.1, 0.15) is 0 Å². The lowest BCUT2D eigenvalue weighted by atomic mass is 10.3. The van der Waals surface area contributed by atoms with Crippen LogP contribution in [0.3, 0.4) is 0 Å². The highest BCUT2D eigenvalue weighted by Gasteiger charge is 2.25. The van der Waals surface area contributed by atoms with Crippen molar-refractivity contribution in [1.82, 2.24) is 5.32 Å². The third kappa shape index (κ3) is 2.51. The van der Waals surface area contributed by atoms with Gasteiger partial charge in [0, 0.05) is 5.02 Å². The Hall–Kier alpha value is -0.710. The van der Waals surface area contributed by atoms with Crippen molar-refractivity contribution < 1.29 is 4.79 Å². The zero-order valence-corrected chi connectivity index (χ0v) is 10.7. The summed E-state index contributed by atoms with van der Waals surface area (Å²) in [6.45, 7) is 1.83. The van der Waals surface area contributed by atoms with Crippen LogP contribution in [0.25, 0.3) is 0 Å². The molecule has 1 fully saturated rings. The van der Waals surface area contributed by atoms with Crippen LogP contribution in [0.4, 0.5) is 5.69 Å². The van der Waals surface area contributed by atoms with Gasteiger partial charge in [-0.2, -0.15) is 0 Å². The molecule has 1 aromatic rings. The Labute approximate surface area is 107 Å². The van der Waals surface area contributed by atoms with Crippen molar-refractivity contribution in [1.29, 1.82) is 0 Å². The van der Waals surface area contributed by atoms with Gasteiger partial charge in [-0.3, -0.25) is 4.79 Å². The van der Waals surface area contributed by atoms with Crippen LogP contribution in [0.5, 0.6) is 0 Å². The summed E-state index contributed by atoms with van der Waals surface area (Å²) < 4.78 is 0. The van der Waals surface area contributed by atoms with Gasteiger partial charge in [-0.25, -0.2) is 4.99 Å². The normalized spacial score (nSPS) is 22.6. The molecule has 0 radical (unpaired) electrons. The van der Waals surface area contributed by atoms with E-state index >= 15 is 0 Å². The van der Waals surface area contributed by atoms with E-state index in [0.717, 1.165) is 0 Å². The minimum Gasteiger partial charge on any atom is -0.304 e. The fourth-order valence-corrected chi connectivity index (χ4v) is 2.46. The monoisotopic (exact) mass is 274 g/mol. The van der Waals surface area contributed by atoms with Crippen LogP contribution >= 0.6 is 35.0 Å². The number of amides is 1. The first-order valence-electron chi connectivity index (χ1n) is 4.57. The second-order valence-corrected chi connectivity index (χ2v) is 5.44. The number of benzene rings is 1. The van der Waals surface area contributed by atoms with E-state index in [1.165, 1.54) is 11.8 Å². The summed E-state index contributed by atoms with van der Waals surface area (Å²) in [5.74, 6) is -0.0335. The molecule has 2 rings (SSSR count). The summed E-state index contributed by atoms with van der Waals surface area (Å²) in [4.78, 5) is 15.5. The van der Waals surface area contributed by atoms with Gasteiger partial charge in [0.25, 0.3) is 0 Å². The molecule has 84 valence electrons. The average molecular weight is 275 g/mol. The predicted octanol–water partition coefficient (Wildman–Crippen LogP) is 3.23. The standard InChI is InChI=1S/C10H8Cl2N2OS/c1-5-9(15)14-10(16-5)13-8-3-2-6(11)4-7(8)12/h2-5H,1H3,(H,13,14,15)/t5-/m1/s1. The van der Waals surface area contributed by atoms with Gasteiger partial charge >= 0.3 is 0 Å². The van der Waals surface area contributed by atoms with Crippen molar-refractivity contribution in [2.45, 2.75) is 12.2 Å². The Morgan fingerprint density at radius 2 is 2.19 bits per heavy atom. The van der Waals surface area contributed by atoms with Gasteiger partial charge in [-0.15, -0.1) is 0 Å². The van der Waals surface area contributed by atoms with Crippen molar-refractivity contribution in [3.63, 3.8) is 0 Å². The molecule has 1 aliphatic rings. The number of carbonyl (C=O) groups excluding carboxylic acids is 1. The third-order valence-corrected chi connectivity index (χ3v) is 3.54. The number of rotatable bonds is 1. The lowest BCUT2D eigenvalue weighted by Gasteiger charge is -2.00. The lowest BCUT2D eigenvalue weighted by Crippen LogP contribution is -2.23. The molecule has 0 aromatic heterocycles. The molecule has 1 heterocycles. The van der Waals surface area contributed by atoms with Gasteiger partial charge in [-0.1, -0.05) is 35.0 Å². The molecule has 1 aromatic carbocycles. The maximum Gasteiger partial charge on any atom is 0.239 e. The van der Waals surface area contributed by atoms with E-state index in [9.17, 15) is 4.79 Å². The molecule has 1 saturated heterocycles. The van der Waals surface area contributed by atoms with E-state index in [4.69, 9.17) is 23.2 Å². The largest absolute Gasteiger partial charge is 0.304 e. The van der Waals surface area contributed by atoms with E-state index in [1.807, 2.05) is 6.92 Å². The summed E-state index contributed by atoms with van der Waals surface area (Å²) in [5.41, 5.74) is 0.600. The van der Waals surface area contributed by atoms with E-state index < -0.39 is 0 Å². The van der Waals surface area contributed by atoms with E-state index in [0.29, 0.717) is 20.9 Å². The number of aliphatic imine (C=N–C) groups is 1. The zero-order valence-electron chi connectivity index (χ0n) is 8.33. The molecule has 1 N–H and O–H groups in total. The van der Waals surface area contributed by atoms with Gasteiger partial charge in [0.05, 0.1) is 16.0 Å². The Kier molecular flexibility index (Phi) is 3.42. The number of thioether (sulfide) groups is 1. The van der Waals surface area contributed by atoms with E-state index in [-0.39, 0.29) is 11.2 Å². The SMILES string of the molecule is C[C@H]1SC(=Nc2ccc(Cl)cc2Cl)NC1=O. The van der Waals surface area contributed by atoms with E-state index in [2.05, 4.69) is 10.3 Å². The molecule has 0 aliphatic carbocycles. The Morgan fingerprint density at radius 1 is 1.44 bits per heavy atom. The van der Waals surface area contributed by atoms with Gasteiger partial charge in [0.15, 0.2) is 5.17 Å². The van der Waals surface area contributed by atoms with Crippen LogP contribution in [0, 0.1) is 0 Å². The summed E-state index contributed by atoms with van der Waals surface area (Å²) in [6.07, 6.45) is 0. The maximum absolute atomic E-state index is 11.2. The van der Waals surface area contributed by atoms with Gasteiger partial charge < -0.3 is 5.32 Å². The van der Waals surface area contributed by atoms with Crippen molar-refractivity contribution in [2.24, 2.45) is 4.99 Å². The topological polar surface area (TPSA) is 41.5 Å². The molecule has 1 atom stereocenters. The Balaban J connectivity index is 2.27. The smallest absolute Gasteiger partial charge is 0.239 e. The summed E-state index contributed by atoms with van der Waals surface area (Å²) in [7, 11) is 0. The molecule has 1 amide bonds. The number of hydrogen-bond donors (Lipinski definition) is 1. The van der Waals surface area contributed by atoms with E-state index in [1.54, 1.807) is 18.2 Å². The molecule has 6 heteroatoms. The number of nitrogens with one attached hydrogen (secondary N) is 1. The minimum atomic E-state index is -0.107. The second kappa shape index (κ2) is 4.65. The van der Waals surface area contributed by atoms with Gasteiger partial charge in [-0.05, 0) is 25.1 Å². The van der Waals surface area contributed by atoms with Crippen molar-refractivity contribution in [3.8, 4) is 0 Å². The fraction of sp³-hybridized carbons (Fsp3) is 0.200. The van der Waals surface area contributed by atoms with Crippen LogP contribution in [0.2, 0.25) is 10.0 Å². The van der Waals surface area contributed by atoms with Crippen molar-refractivity contribution >= 4 is 51.7 Å². The van der Waals surface area contributed by atoms with Crippen LogP contribution in [0.15, 0.2) is 23.2 Å². The predicted molar refractivity (Wildman–Crippen MR) is 68.8 cm³/mol. The Bertz CT molecular complexity index is 476. The molecule has 3 nitrogen and oxygen atoms in total. The first-order chi connectivity index (χ1) is 7.56. The number of amidine groups is 1. The summed E-state index contributed by atoms with van der Waals surface area (Å²) in [6, 6.07) is 5.04. The molecule has 0 bridgehead atoms. The van der Waals surface area contributed by atoms with Crippen LogP contribution in [0.1, 0.15) is 6.92 Å². The van der Waals surface area contributed by atoms with Gasteiger partial charge in [0.2, 0.25) is 5.91 Å². The minimum absolute atomic E-state index is 0.0335. The quantitative estimate of drug-likeness (QED) is 0.854. The number of nitrogens with zero attached hydrogens (tertiary/aromatic N) is 1. The third-order valence-electron chi connectivity index (χ3n) is 2.02. The first kappa shape index (κ1) is 11.8. The van der Waals surface area contributed by atoms with Crippen LogP contribution in [-0.2, 0) is 4.79 Å². The number of halogens is 2. The highest BCUT2D eigenvalue weighted by Crippen LogP contribution is 2.30. The average Bonchev–Trinajstić information content (AvgIpc) is 2.51. The highest BCUT2D eigenvalue weighted by molar-refractivity contribution is 8.15. The molecule has 0 unspecified atom stereocenters. The van der Waals surface area contributed by atoms with Crippen molar-refractivity contribution in [3.05, 3.63) is 28.2 Å². The molecular formula is C10H8Cl2N2OS. The Morgan fingerprint density at radius 3 is 2.75 bits per heavy atom. The summed E-state index contributed by atoms with van der Waals surface area (Å²) in [5, 5.41) is 4.17. The molecule has 0 saturated carbocycles. The number of carbonyl (C=O) groups is 1. The molecule has 16 heavy (non-hydrogen) atoms. The zero-order chi connectivity index (χ0) is 11.7. The van der Waals surface area contributed by atoms with Crippen LogP contribution < -0.4 is 5.32 Å². The molecular weight excluding hydrogens is 267 g/mol. The number of hydrogen-bond acceptors (Lipinski definition) is 3. The molecule has 0 spiro atoms. The molecule has 1 aliphatic heterocycles.